The van der Waals surface area contributed by atoms with Gasteiger partial charge in [-0.1, -0.05) is 24.3 Å². The van der Waals surface area contributed by atoms with Crippen molar-refractivity contribution in [2.75, 3.05) is 0 Å². The van der Waals surface area contributed by atoms with E-state index in [1.54, 1.807) is 12.1 Å². The molecule has 0 unspecified atom stereocenters. The topological polar surface area (TPSA) is 73.8 Å². The Morgan fingerprint density at radius 1 is 1.04 bits per heavy atom. The Balaban J connectivity index is 1.72. The summed E-state index contributed by atoms with van der Waals surface area (Å²) in [6.07, 6.45) is -2.75. The van der Waals surface area contributed by atoms with E-state index in [-0.39, 0.29) is 5.65 Å². The van der Waals surface area contributed by atoms with Gasteiger partial charge in [-0.05, 0) is 43.3 Å². The zero-order valence-corrected chi connectivity index (χ0v) is 15.4. The maximum absolute atomic E-state index is 13.0. The lowest BCUT2D eigenvalue weighted by Gasteiger charge is -2.09. The number of fused-ring (bicyclic) bond motifs is 1. The zero-order chi connectivity index (χ0) is 19.0. The van der Waals surface area contributed by atoms with E-state index >= 15 is 0 Å². The summed E-state index contributed by atoms with van der Waals surface area (Å²) < 4.78 is 29.1. The molecule has 3 heterocycles. The number of alkyl halides is 2. The van der Waals surface area contributed by atoms with Gasteiger partial charge in [0.25, 0.3) is 6.43 Å². The van der Waals surface area contributed by atoms with Gasteiger partial charge in [0.15, 0.2) is 16.6 Å². The van der Waals surface area contributed by atoms with Gasteiger partial charge in [0, 0.05) is 12.1 Å². The van der Waals surface area contributed by atoms with E-state index in [2.05, 4.69) is 25.5 Å². The molecule has 138 valence electrons. The zero-order valence-electron chi connectivity index (χ0n) is 14.5. The van der Waals surface area contributed by atoms with Gasteiger partial charge in [-0.15, -0.1) is 20.4 Å². The van der Waals surface area contributed by atoms with Crippen molar-refractivity contribution in [2.24, 2.45) is 0 Å². The summed E-state index contributed by atoms with van der Waals surface area (Å²) in [6.45, 7) is 4.68. The van der Waals surface area contributed by atoms with Crippen LogP contribution in [0, 0.1) is 6.92 Å². The number of nitrogens with zero attached hydrogens (tertiary/aromatic N) is 7. The van der Waals surface area contributed by atoms with Crippen LogP contribution < -0.4 is 0 Å². The van der Waals surface area contributed by atoms with Crippen LogP contribution in [-0.2, 0) is 6.54 Å². The molecule has 7 nitrogen and oxygen atoms in total. The van der Waals surface area contributed by atoms with Gasteiger partial charge in [0.1, 0.15) is 5.03 Å². The lowest BCUT2D eigenvalue weighted by molar-refractivity contribution is 0.137. The minimum Gasteiger partial charge on any atom is -0.302 e. The Hall–Kier alpha value is -2.88. The van der Waals surface area contributed by atoms with E-state index in [9.17, 15) is 8.78 Å². The number of halogens is 2. The predicted molar refractivity (Wildman–Crippen MR) is 95.7 cm³/mol. The minimum atomic E-state index is -2.75. The van der Waals surface area contributed by atoms with Gasteiger partial charge in [0.2, 0.25) is 5.82 Å². The van der Waals surface area contributed by atoms with Crippen molar-refractivity contribution >= 4 is 17.4 Å². The molecule has 0 fully saturated rings. The number of benzene rings is 1. The third-order valence-corrected chi connectivity index (χ3v) is 4.98. The Bertz CT molecular complexity index is 1110. The SMILES string of the molecule is CCn1c(Sc2ccc3nnc(C(F)F)n3n2)nnc1-c1ccccc1C. The van der Waals surface area contributed by atoms with E-state index in [0.29, 0.717) is 16.7 Å². The van der Waals surface area contributed by atoms with E-state index in [1.165, 1.54) is 11.8 Å². The first kappa shape index (κ1) is 17.5. The summed E-state index contributed by atoms with van der Waals surface area (Å²) in [7, 11) is 0. The Labute approximate surface area is 157 Å². The maximum atomic E-state index is 13.0. The van der Waals surface area contributed by atoms with Crippen LogP contribution in [0.25, 0.3) is 17.0 Å². The van der Waals surface area contributed by atoms with E-state index in [4.69, 9.17) is 0 Å². The highest BCUT2D eigenvalue weighted by Crippen LogP contribution is 2.30. The van der Waals surface area contributed by atoms with Crippen molar-refractivity contribution in [1.82, 2.24) is 34.6 Å². The molecule has 0 aliphatic rings. The minimum absolute atomic E-state index is 0.271. The molecule has 0 spiro atoms. The number of rotatable bonds is 5. The van der Waals surface area contributed by atoms with Gasteiger partial charge < -0.3 is 4.57 Å². The fourth-order valence-corrected chi connectivity index (χ4v) is 3.60. The average molecular weight is 387 g/mol. The molecule has 4 rings (SSSR count). The smallest absolute Gasteiger partial charge is 0.299 e. The molecule has 0 radical (unpaired) electrons. The standard InChI is InChI=1S/C17H15F2N7S/c1-3-25-15(11-7-5-4-6-10(11)2)21-23-17(25)27-13-9-8-12-20-22-16(14(18)19)26(12)24-13/h4-9,14H,3H2,1-2H3. The van der Waals surface area contributed by atoms with Crippen molar-refractivity contribution in [1.29, 1.82) is 0 Å². The molecular weight excluding hydrogens is 372 g/mol. The van der Waals surface area contributed by atoms with Crippen LogP contribution in [0.15, 0.2) is 46.6 Å². The molecule has 0 atom stereocenters. The van der Waals surface area contributed by atoms with Gasteiger partial charge in [-0.25, -0.2) is 8.78 Å². The van der Waals surface area contributed by atoms with Crippen LogP contribution in [0.4, 0.5) is 8.78 Å². The van der Waals surface area contributed by atoms with Crippen molar-refractivity contribution in [3.8, 4) is 11.4 Å². The lowest BCUT2D eigenvalue weighted by atomic mass is 10.1. The Kier molecular flexibility index (Phi) is 4.56. The third kappa shape index (κ3) is 3.16. The van der Waals surface area contributed by atoms with Crippen molar-refractivity contribution in [2.45, 2.75) is 37.0 Å². The molecule has 10 heteroatoms. The molecule has 0 saturated carbocycles. The number of aromatic nitrogens is 7. The molecule has 0 N–H and O–H groups in total. The summed E-state index contributed by atoms with van der Waals surface area (Å²) in [5.41, 5.74) is 2.37. The van der Waals surface area contributed by atoms with E-state index in [1.807, 2.05) is 42.7 Å². The molecule has 3 aromatic heterocycles. The predicted octanol–water partition coefficient (Wildman–Crippen LogP) is 3.80. The normalized spacial score (nSPS) is 11.6. The van der Waals surface area contributed by atoms with Crippen molar-refractivity contribution in [3.05, 3.63) is 47.8 Å². The van der Waals surface area contributed by atoms with Crippen LogP contribution in [0.5, 0.6) is 0 Å². The van der Waals surface area contributed by atoms with Crippen LogP contribution in [0.2, 0.25) is 0 Å². The maximum Gasteiger partial charge on any atom is 0.299 e. The van der Waals surface area contributed by atoms with Gasteiger partial charge in [0.05, 0.1) is 0 Å². The molecule has 0 aliphatic carbocycles. The van der Waals surface area contributed by atoms with Crippen LogP contribution in [-0.4, -0.2) is 34.6 Å². The fourth-order valence-electron chi connectivity index (χ4n) is 2.74. The summed E-state index contributed by atoms with van der Waals surface area (Å²) in [6, 6.07) is 11.2. The molecule has 0 bridgehead atoms. The fraction of sp³-hybridized carbons (Fsp3) is 0.235. The summed E-state index contributed by atoms with van der Waals surface area (Å²) >= 11 is 1.26. The van der Waals surface area contributed by atoms with Gasteiger partial charge in [-0.3, -0.25) is 0 Å². The van der Waals surface area contributed by atoms with E-state index in [0.717, 1.165) is 21.5 Å². The highest BCUT2D eigenvalue weighted by atomic mass is 32.2. The first-order valence-electron chi connectivity index (χ1n) is 8.26. The summed E-state index contributed by atoms with van der Waals surface area (Å²) in [5, 5.41) is 21.1. The second kappa shape index (κ2) is 7.03. The number of aryl methyl sites for hydroxylation is 1. The molecule has 0 amide bonds. The Morgan fingerprint density at radius 3 is 2.59 bits per heavy atom. The van der Waals surface area contributed by atoms with Crippen molar-refractivity contribution in [3.63, 3.8) is 0 Å². The van der Waals surface area contributed by atoms with Crippen LogP contribution >= 0.6 is 11.8 Å². The largest absolute Gasteiger partial charge is 0.302 e. The first-order chi connectivity index (χ1) is 13.1. The van der Waals surface area contributed by atoms with Crippen molar-refractivity contribution < 1.29 is 8.78 Å². The highest BCUT2D eigenvalue weighted by Gasteiger charge is 2.19. The first-order valence-corrected chi connectivity index (χ1v) is 9.07. The second-order valence-corrected chi connectivity index (χ2v) is 6.76. The molecule has 0 aliphatic heterocycles. The average Bonchev–Trinajstić information content (AvgIpc) is 3.25. The van der Waals surface area contributed by atoms with Crippen LogP contribution in [0.3, 0.4) is 0 Å². The second-order valence-electron chi connectivity index (χ2n) is 5.77. The monoisotopic (exact) mass is 387 g/mol. The molecule has 4 aromatic rings. The van der Waals surface area contributed by atoms with Gasteiger partial charge in [-0.2, -0.15) is 9.61 Å². The highest BCUT2D eigenvalue weighted by molar-refractivity contribution is 7.99. The molecule has 1 aromatic carbocycles. The number of hydrogen-bond donors (Lipinski definition) is 0. The lowest BCUT2D eigenvalue weighted by Crippen LogP contribution is -2.02. The third-order valence-electron chi connectivity index (χ3n) is 4.07. The number of hydrogen-bond acceptors (Lipinski definition) is 6. The van der Waals surface area contributed by atoms with Gasteiger partial charge >= 0.3 is 0 Å². The quantitative estimate of drug-likeness (QED) is 0.519. The molecule has 27 heavy (non-hydrogen) atoms. The summed E-state index contributed by atoms with van der Waals surface area (Å²) in [4.78, 5) is 0. The molecule has 0 saturated heterocycles. The molecular formula is C17H15F2N7S. The summed E-state index contributed by atoms with van der Waals surface area (Å²) in [5.74, 6) is 0.279. The van der Waals surface area contributed by atoms with E-state index < -0.39 is 12.2 Å². The Morgan fingerprint density at radius 2 is 1.85 bits per heavy atom. The van der Waals surface area contributed by atoms with Crippen LogP contribution in [0.1, 0.15) is 24.7 Å².